The van der Waals surface area contributed by atoms with Gasteiger partial charge in [0.05, 0.1) is 0 Å². The van der Waals surface area contributed by atoms with Gasteiger partial charge in [0, 0.05) is 0 Å². The summed E-state index contributed by atoms with van der Waals surface area (Å²) in [7, 11) is -10.0. The first-order valence-electron chi connectivity index (χ1n) is 1.51. The van der Waals surface area contributed by atoms with Gasteiger partial charge in [-0.1, -0.05) is 0 Å². The molecule has 0 amide bonds. The van der Waals surface area contributed by atoms with Crippen molar-refractivity contribution < 1.29 is 55.6 Å². The minimum absolute atomic E-state index is 0. The molecule has 0 aliphatic heterocycles. The molecule has 0 unspecified atom stereocenters. The first kappa shape index (κ1) is 17.7. The van der Waals surface area contributed by atoms with Gasteiger partial charge in [0.15, 0.2) is 0 Å². The van der Waals surface area contributed by atoms with Crippen molar-refractivity contribution >= 4 is 15.6 Å². The summed E-state index contributed by atoms with van der Waals surface area (Å²) in [5, 5.41) is 0. The summed E-state index contributed by atoms with van der Waals surface area (Å²) in [5.41, 5.74) is 0. The van der Waals surface area contributed by atoms with Gasteiger partial charge < -0.3 is 33.9 Å². The van der Waals surface area contributed by atoms with E-state index in [4.69, 9.17) is 38.5 Å². The van der Waals surface area contributed by atoms with Crippen LogP contribution in [0.4, 0.5) is 0 Å². The molecule has 68 valence electrons. The third-order valence-corrected chi connectivity index (χ3v) is 0. The molecule has 0 radical (unpaired) electrons. The van der Waals surface area contributed by atoms with Gasteiger partial charge in [0.25, 0.3) is 0 Å². The number of hydrogen-bond donors (Lipinski definition) is 3. The normalized spacial score (nSPS) is 10.7. The van der Waals surface area contributed by atoms with Crippen LogP contribution in [0.2, 0.25) is 0 Å². The molecular weight excluding hydrogens is 245 g/mol. The van der Waals surface area contributed by atoms with Crippen LogP contribution in [0.1, 0.15) is 0 Å². The molecule has 0 aromatic carbocycles. The van der Waals surface area contributed by atoms with Crippen molar-refractivity contribution in [1.29, 1.82) is 0 Å². The maximum Gasteiger partial charge on any atom is 3.00 e. The summed E-state index contributed by atoms with van der Waals surface area (Å²) < 4.78 is 17.4. The molecule has 0 fully saturated rings. The Morgan fingerprint density at radius 2 is 0.909 bits per heavy atom. The van der Waals surface area contributed by atoms with E-state index < -0.39 is 15.6 Å². The topological polar surface area (TPSA) is 164 Å². The molecule has 0 rings (SSSR count). The molecule has 0 aliphatic carbocycles. The summed E-state index contributed by atoms with van der Waals surface area (Å²) in [4.78, 5) is 47.2. The summed E-state index contributed by atoms with van der Waals surface area (Å²) in [6.45, 7) is 0. The quantitative estimate of drug-likeness (QED) is 0.290. The predicted molar refractivity (Wildman–Crippen MR) is 21.9 cm³/mol. The second-order valence-electron chi connectivity index (χ2n) is 0.960. The molecule has 0 aromatic heterocycles. The van der Waals surface area contributed by atoms with Crippen LogP contribution in [0.5, 0.6) is 0 Å². The van der Waals surface area contributed by atoms with Gasteiger partial charge in [-0.15, -0.1) is 0 Å². The first-order valence-corrected chi connectivity index (χ1v) is 4.54. The minimum atomic E-state index is -5.39. The Balaban J connectivity index is -0.000000107. The van der Waals surface area contributed by atoms with Crippen LogP contribution in [-0.4, -0.2) is 14.7 Å². The van der Waals surface area contributed by atoms with Crippen LogP contribution in [0.25, 0.3) is 0 Å². The van der Waals surface area contributed by atoms with Crippen LogP contribution in [0.3, 0.4) is 0 Å². The van der Waals surface area contributed by atoms with E-state index in [2.05, 4.69) is 0 Å². The molecule has 0 spiro atoms. The smallest absolute Gasteiger partial charge is 0.822 e. The zero-order valence-corrected chi connectivity index (χ0v) is 7.62. The van der Waals surface area contributed by atoms with Gasteiger partial charge in [-0.05, 0) is 0 Å². The van der Waals surface area contributed by atoms with E-state index in [0.29, 0.717) is 0 Å². The summed E-state index contributed by atoms with van der Waals surface area (Å²) in [6, 6.07) is 0. The molecular formula is H3MnO8P2. The van der Waals surface area contributed by atoms with Crippen molar-refractivity contribution in [2.75, 3.05) is 0 Å². The van der Waals surface area contributed by atoms with Crippen molar-refractivity contribution in [3.05, 3.63) is 0 Å². The Hall–Kier alpha value is 0.739. The van der Waals surface area contributed by atoms with Gasteiger partial charge in [-0.2, -0.15) is 7.82 Å². The van der Waals surface area contributed by atoms with Crippen molar-refractivity contribution in [1.82, 2.24) is 0 Å². The fraction of sp³-hybridized carbons (Fsp3) is 0. The molecule has 8 nitrogen and oxygen atoms in total. The standard InChI is InChI=1S/Mn.2H3O4P/c;2*1-5(2,3)4/h;2*(H3,1,2,3,4)/q+3;;/p-3. The first-order chi connectivity index (χ1) is 4.00. The fourth-order valence-electron chi connectivity index (χ4n) is 0. The third kappa shape index (κ3) is 1500. The summed E-state index contributed by atoms with van der Waals surface area (Å²) in [5.74, 6) is 0. The van der Waals surface area contributed by atoms with Crippen molar-refractivity contribution in [2.24, 2.45) is 0 Å². The molecule has 11 heteroatoms. The minimum Gasteiger partial charge on any atom is -0.822 e. The monoisotopic (exact) mass is 248 g/mol. The second-order valence-corrected chi connectivity index (χ2v) is 2.88. The third-order valence-electron chi connectivity index (χ3n) is 0. The fourth-order valence-corrected chi connectivity index (χ4v) is 0. The van der Waals surface area contributed by atoms with Crippen LogP contribution in [-0.2, 0) is 26.2 Å². The van der Waals surface area contributed by atoms with Crippen LogP contribution < -0.4 is 14.7 Å². The second kappa shape index (κ2) is 6.28. The van der Waals surface area contributed by atoms with E-state index in [0.717, 1.165) is 0 Å². The van der Waals surface area contributed by atoms with E-state index in [9.17, 15) is 0 Å². The molecule has 11 heavy (non-hydrogen) atoms. The van der Waals surface area contributed by atoms with E-state index in [1.165, 1.54) is 0 Å². The predicted octanol–water partition coefficient (Wildman–Crippen LogP) is -3.76. The zero-order chi connectivity index (χ0) is 9.00. The number of phosphoric acid groups is 2. The van der Waals surface area contributed by atoms with Crippen LogP contribution >= 0.6 is 15.6 Å². The zero-order valence-electron chi connectivity index (χ0n) is 4.66. The van der Waals surface area contributed by atoms with Crippen LogP contribution in [0.15, 0.2) is 0 Å². The molecule has 0 saturated carbocycles. The molecule has 0 saturated heterocycles. The van der Waals surface area contributed by atoms with Gasteiger partial charge in [0.2, 0.25) is 0 Å². The van der Waals surface area contributed by atoms with Gasteiger partial charge in [-0.3, -0.25) is 0 Å². The van der Waals surface area contributed by atoms with Gasteiger partial charge in [-0.25, -0.2) is 4.57 Å². The Morgan fingerprint density at radius 3 is 0.909 bits per heavy atom. The number of rotatable bonds is 0. The molecule has 0 bridgehead atoms. The van der Waals surface area contributed by atoms with E-state index in [1.54, 1.807) is 0 Å². The SMILES string of the molecule is O=P(O)(O)O.O=P([O-])([O-])[O-].[Mn+3]. The van der Waals surface area contributed by atoms with E-state index in [-0.39, 0.29) is 17.1 Å². The summed E-state index contributed by atoms with van der Waals surface area (Å²) >= 11 is 0. The van der Waals surface area contributed by atoms with E-state index in [1.807, 2.05) is 0 Å². The summed E-state index contributed by atoms with van der Waals surface area (Å²) in [6.07, 6.45) is 0. The largest absolute Gasteiger partial charge is 3.00 e. The molecule has 0 aliphatic rings. The van der Waals surface area contributed by atoms with E-state index >= 15 is 0 Å². The molecule has 0 heterocycles. The maximum absolute atomic E-state index is 8.88. The Kier molecular flexibility index (Phi) is 10.1. The molecule has 3 N–H and O–H groups in total. The molecule has 0 aromatic rings. The Labute approximate surface area is 71.8 Å². The Morgan fingerprint density at radius 1 is 0.909 bits per heavy atom. The van der Waals surface area contributed by atoms with Crippen molar-refractivity contribution in [2.45, 2.75) is 0 Å². The van der Waals surface area contributed by atoms with Crippen molar-refractivity contribution in [3.8, 4) is 0 Å². The van der Waals surface area contributed by atoms with Gasteiger partial charge in [0.1, 0.15) is 0 Å². The van der Waals surface area contributed by atoms with Crippen LogP contribution in [0, 0.1) is 0 Å². The van der Waals surface area contributed by atoms with Crippen molar-refractivity contribution in [3.63, 3.8) is 0 Å². The average molecular weight is 248 g/mol. The number of hydrogen-bond acceptors (Lipinski definition) is 5. The van der Waals surface area contributed by atoms with Gasteiger partial charge >= 0.3 is 24.9 Å². The Bertz CT molecular complexity index is 124. The maximum atomic E-state index is 8.88. The average Bonchev–Trinajstić information content (AvgIpc) is 1.12. The molecule has 0 atom stereocenters.